The summed E-state index contributed by atoms with van der Waals surface area (Å²) in [5.41, 5.74) is 2.94. The van der Waals surface area contributed by atoms with E-state index in [1.165, 1.54) is 12.1 Å². The largest absolute Gasteiger partial charge is 0.361 e. The molecule has 0 spiro atoms. The molecule has 1 aliphatic rings. The predicted octanol–water partition coefficient (Wildman–Crippen LogP) is 3.73. The average Bonchev–Trinajstić information content (AvgIpc) is 2.87. The van der Waals surface area contributed by atoms with Crippen LogP contribution in [0.5, 0.6) is 0 Å². The third kappa shape index (κ3) is 3.07. The van der Waals surface area contributed by atoms with Gasteiger partial charge < -0.3 is 9.47 Å². The fourth-order valence-electron chi connectivity index (χ4n) is 3.93. The van der Waals surface area contributed by atoms with E-state index in [9.17, 15) is 14.9 Å². The molecular weight excluding hydrogens is 342 g/mol. The minimum absolute atomic E-state index is 0.0828. The first kappa shape index (κ1) is 17.3. The number of nitrogens with zero attached hydrogens (tertiary/aromatic N) is 3. The Labute approximate surface area is 156 Å². The molecule has 0 saturated heterocycles. The summed E-state index contributed by atoms with van der Waals surface area (Å²) >= 11 is 0. The standard InChI is InChI=1S/C21H21N3O3/c1-22-13-5-4-7-18-20(25)17-6-2-3-8-19(17)23(21(18)22)14-15-9-11-16(12-10-15)24(26)27/h2-3,6,8-12H,4-5,7,13-14H2,1H3. The Balaban J connectivity index is 1.91. The Morgan fingerprint density at radius 2 is 1.81 bits per heavy atom. The summed E-state index contributed by atoms with van der Waals surface area (Å²) in [6.45, 7) is 1.47. The molecule has 3 aromatic rings. The molecule has 0 unspecified atom stereocenters. The van der Waals surface area contributed by atoms with Crippen LogP contribution in [0.25, 0.3) is 10.9 Å². The highest BCUT2D eigenvalue weighted by Gasteiger charge is 2.22. The first-order valence-electron chi connectivity index (χ1n) is 9.15. The molecular formula is C21H21N3O3. The van der Waals surface area contributed by atoms with Crippen molar-refractivity contribution in [1.29, 1.82) is 0 Å². The van der Waals surface area contributed by atoms with Crippen molar-refractivity contribution in [3.8, 4) is 0 Å². The second-order valence-electron chi connectivity index (χ2n) is 7.04. The number of hydrogen-bond donors (Lipinski definition) is 0. The van der Waals surface area contributed by atoms with E-state index in [1.807, 2.05) is 31.3 Å². The predicted molar refractivity (Wildman–Crippen MR) is 107 cm³/mol. The van der Waals surface area contributed by atoms with E-state index < -0.39 is 4.92 Å². The van der Waals surface area contributed by atoms with Crippen molar-refractivity contribution < 1.29 is 4.92 Å². The van der Waals surface area contributed by atoms with Crippen molar-refractivity contribution in [3.63, 3.8) is 0 Å². The molecule has 0 amide bonds. The lowest BCUT2D eigenvalue weighted by Gasteiger charge is -2.26. The maximum atomic E-state index is 13.1. The van der Waals surface area contributed by atoms with Gasteiger partial charge in [-0.2, -0.15) is 0 Å². The van der Waals surface area contributed by atoms with E-state index in [1.54, 1.807) is 12.1 Å². The number of anilines is 1. The first-order valence-corrected chi connectivity index (χ1v) is 9.15. The molecule has 2 aromatic carbocycles. The molecule has 0 N–H and O–H groups in total. The van der Waals surface area contributed by atoms with E-state index in [-0.39, 0.29) is 11.1 Å². The van der Waals surface area contributed by atoms with Crippen LogP contribution in [0.15, 0.2) is 53.3 Å². The summed E-state index contributed by atoms with van der Waals surface area (Å²) in [7, 11) is 2.03. The van der Waals surface area contributed by atoms with Crippen LogP contribution in [0.3, 0.4) is 0 Å². The second kappa shape index (κ2) is 6.87. The molecule has 0 saturated carbocycles. The quantitative estimate of drug-likeness (QED) is 0.525. The number of non-ortho nitro benzene ring substituents is 1. The molecule has 1 aliphatic heterocycles. The number of pyridine rings is 1. The van der Waals surface area contributed by atoms with Crippen molar-refractivity contribution >= 4 is 22.4 Å². The number of rotatable bonds is 3. The van der Waals surface area contributed by atoms with Gasteiger partial charge in [0.25, 0.3) is 5.69 Å². The summed E-state index contributed by atoms with van der Waals surface area (Å²) in [6, 6.07) is 14.3. The number of fused-ring (bicyclic) bond motifs is 2. The molecule has 0 atom stereocenters. The third-order valence-corrected chi connectivity index (χ3v) is 5.26. The second-order valence-corrected chi connectivity index (χ2v) is 7.04. The highest BCUT2D eigenvalue weighted by atomic mass is 16.6. The summed E-state index contributed by atoms with van der Waals surface area (Å²) < 4.78 is 2.18. The van der Waals surface area contributed by atoms with Crippen LogP contribution in [0, 0.1) is 10.1 Å². The highest BCUT2D eigenvalue weighted by Crippen LogP contribution is 2.28. The molecule has 0 aliphatic carbocycles. The van der Waals surface area contributed by atoms with Gasteiger partial charge in [0.2, 0.25) is 0 Å². The van der Waals surface area contributed by atoms with Gasteiger partial charge in [0.05, 0.1) is 10.4 Å². The monoisotopic (exact) mass is 363 g/mol. The van der Waals surface area contributed by atoms with E-state index in [2.05, 4.69) is 9.47 Å². The van der Waals surface area contributed by atoms with Crippen molar-refractivity contribution in [2.45, 2.75) is 25.8 Å². The van der Waals surface area contributed by atoms with Gasteiger partial charge in [0.15, 0.2) is 5.43 Å². The van der Waals surface area contributed by atoms with Gasteiger partial charge in [-0.25, -0.2) is 0 Å². The zero-order chi connectivity index (χ0) is 19.0. The number of aromatic nitrogens is 1. The summed E-state index contributed by atoms with van der Waals surface area (Å²) in [4.78, 5) is 25.8. The third-order valence-electron chi connectivity index (χ3n) is 5.26. The topological polar surface area (TPSA) is 68.4 Å². The smallest absolute Gasteiger partial charge is 0.269 e. The van der Waals surface area contributed by atoms with Crippen LogP contribution in [0.2, 0.25) is 0 Å². The fourth-order valence-corrected chi connectivity index (χ4v) is 3.93. The zero-order valence-corrected chi connectivity index (χ0v) is 15.2. The highest BCUT2D eigenvalue weighted by molar-refractivity contribution is 5.83. The molecule has 0 fully saturated rings. The lowest BCUT2D eigenvalue weighted by molar-refractivity contribution is -0.384. The number of para-hydroxylation sites is 1. The minimum Gasteiger partial charge on any atom is -0.361 e. The van der Waals surface area contributed by atoms with Gasteiger partial charge >= 0.3 is 0 Å². The van der Waals surface area contributed by atoms with Gasteiger partial charge in [-0.05, 0) is 37.0 Å². The van der Waals surface area contributed by atoms with Gasteiger partial charge in [-0.3, -0.25) is 14.9 Å². The number of benzene rings is 2. The lowest BCUT2D eigenvalue weighted by atomic mass is 10.1. The molecule has 6 nitrogen and oxygen atoms in total. The van der Waals surface area contributed by atoms with Crippen LogP contribution in [0.1, 0.15) is 24.0 Å². The van der Waals surface area contributed by atoms with Crippen molar-refractivity contribution in [2.24, 2.45) is 0 Å². The van der Waals surface area contributed by atoms with Crippen LogP contribution in [0.4, 0.5) is 11.5 Å². The van der Waals surface area contributed by atoms with Crippen LogP contribution in [-0.2, 0) is 13.0 Å². The van der Waals surface area contributed by atoms with Gasteiger partial charge in [-0.15, -0.1) is 0 Å². The Morgan fingerprint density at radius 3 is 2.56 bits per heavy atom. The fraction of sp³-hybridized carbons (Fsp3) is 0.286. The number of nitro benzene ring substituents is 1. The van der Waals surface area contributed by atoms with Gasteiger partial charge in [0.1, 0.15) is 5.82 Å². The number of hydrogen-bond acceptors (Lipinski definition) is 4. The maximum Gasteiger partial charge on any atom is 0.269 e. The summed E-state index contributed by atoms with van der Waals surface area (Å²) in [6.07, 6.45) is 2.84. The van der Waals surface area contributed by atoms with Crippen molar-refractivity contribution in [1.82, 2.24) is 4.57 Å². The van der Waals surface area contributed by atoms with E-state index >= 15 is 0 Å². The average molecular weight is 363 g/mol. The molecule has 27 heavy (non-hydrogen) atoms. The van der Waals surface area contributed by atoms with Crippen LogP contribution < -0.4 is 10.3 Å². The van der Waals surface area contributed by atoms with E-state index in [4.69, 9.17) is 0 Å². The van der Waals surface area contributed by atoms with Crippen molar-refractivity contribution in [3.05, 3.63) is 80.0 Å². The molecule has 4 rings (SSSR count). The van der Waals surface area contributed by atoms with E-state index in [0.29, 0.717) is 6.54 Å². The van der Waals surface area contributed by atoms with Gasteiger partial charge in [0, 0.05) is 43.2 Å². The molecule has 6 heteroatoms. The van der Waals surface area contributed by atoms with E-state index in [0.717, 1.165) is 53.7 Å². The molecule has 0 bridgehead atoms. The Kier molecular flexibility index (Phi) is 4.39. The first-order chi connectivity index (χ1) is 13.1. The summed E-state index contributed by atoms with van der Waals surface area (Å²) in [5, 5.41) is 11.6. The van der Waals surface area contributed by atoms with Crippen molar-refractivity contribution in [2.75, 3.05) is 18.5 Å². The van der Waals surface area contributed by atoms with Crippen LogP contribution >= 0.6 is 0 Å². The Hall–Kier alpha value is -3.15. The zero-order valence-electron chi connectivity index (χ0n) is 15.2. The summed E-state index contributed by atoms with van der Waals surface area (Å²) in [5.74, 6) is 0.967. The maximum absolute atomic E-state index is 13.1. The molecule has 0 radical (unpaired) electrons. The molecule has 2 heterocycles. The van der Waals surface area contributed by atoms with Gasteiger partial charge in [-0.1, -0.05) is 24.3 Å². The SMILES string of the molecule is CN1CCCCc2c1n(Cc1ccc([N+](=O)[O-])cc1)c1ccccc1c2=O. The molecule has 1 aromatic heterocycles. The molecule has 138 valence electrons. The lowest BCUT2D eigenvalue weighted by Crippen LogP contribution is -2.27. The Morgan fingerprint density at radius 1 is 1.07 bits per heavy atom. The van der Waals surface area contributed by atoms with Crippen LogP contribution in [-0.4, -0.2) is 23.1 Å². The normalized spacial score (nSPS) is 14.0. The Bertz CT molecular complexity index is 1070. The number of nitro groups is 1. The minimum atomic E-state index is -0.391.